The minimum Gasteiger partial charge on any atom is -0.408 e. The summed E-state index contributed by atoms with van der Waals surface area (Å²) >= 11 is 1.52. The summed E-state index contributed by atoms with van der Waals surface area (Å²) in [6.07, 6.45) is 0. The fourth-order valence-corrected chi connectivity index (χ4v) is 3.83. The van der Waals surface area contributed by atoms with Gasteiger partial charge in [-0.3, -0.25) is 4.98 Å². The Balaban J connectivity index is 1.96. The number of fused-ring (bicyclic) bond motifs is 1. The molecule has 8 heteroatoms. The van der Waals surface area contributed by atoms with Gasteiger partial charge < -0.3 is 4.42 Å². The zero-order valence-electron chi connectivity index (χ0n) is 11.1. The van der Waals surface area contributed by atoms with E-state index in [0.29, 0.717) is 12.1 Å². The molecule has 0 aliphatic carbocycles. The molecular formula is C13H12N2O4S2. The summed E-state index contributed by atoms with van der Waals surface area (Å²) in [5, 5.41) is 3.80. The van der Waals surface area contributed by atoms with Gasteiger partial charge in [-0.25, -0.2) is 13.2 Å². The van der Waals surface area contributed by atoms with E-state index >= 15 is 0 Å². The van der Waals surface area contributed by atoms with Crippen LogP contribution in [0, 0.1) is 0 Å². The van der Waals surface area contributed by atoms with Crippen molar-refractivity contribution < 1.29 is 12.8 Å². The Labute approximate surface area is 124 Å². The van der Waals surface area contributed by atoms with Crippen molar-refractivity contribution in [2.75, 3.05) is 7.05 Å². The highest BCUT2D eigenvalue weighted by atomic mass is 32.2. The van der Waals surface area contributed by atoms with Gasteiger partial charge >= 0.3 is 5.76 Å². The van der Waals surface area contributed by atoms with Crippen molar-refractivity contribution in [3.8, 4) is 0 Å². The smallest absolute Gasteiger partial charge is 0.408 e. The van der Waals surface area contributed by atoms with E-state index in [-0.39, 0.29) is 10.5 Å². The molecule has 21 heavy (non-hydrogen) atoms. The van der Waals surface area contributed by atoms with Crippen LogP contribution in [-0.2, 0) is 16.6 Å². The lowest BCUT2D eigenvalue weighted by molar-refractivity contribution is 0.467. The van der Waals surface area contributed by atoms with Crippen LogP contribution in [0.4, 0.5) is 0 Å². The Hall–Kier alpha value is -1.90. The second kappa shape index (κ2) is 5.14. The Bertz CT molecular complexity index is 923. The molecule has 0 spiro atoms. The van der Waals surface area contributed by atoms with Gasteiger partial charge in [0.05, 0.1) is 10.4 Å². The first-order valence-electron chi connectivity index (χ1n) is 6.07. The van der Waals surface area contributed by atoms with Gasteiger partial charge in [-0.2, -0.15) is 15.6 Å². The van der Waals surface area contributed by atoms with Crippen LogP contribution >= 0.6 is 11.3 Å². The second-order valence-electron chi connectivity index (χ2n) is 4.57. The minimum absolute atomic E-state index is 0.0930. The van der Waals surface area contributed by atoms with Crippen molar-refractivity contribution in [3.05, 3.63) is 51.1 Å². The maximum atomic E-state index is 12.5. The van der Waals surface area contributed by atoms with Crippen LogP contribution in [0.2, 0.25) is 0 Å². The number of thiophene rings is 1. The third kappa shape index (κ3) is 2.65. The zero-order valence-corrected chi connectivity index (χ0v) is 12.7. The zero-order chi connectivity index (χ0) is 15.0. The monoisotopic (exact) mass is 324 g/mol. The van der Waals surface area contributed by atoms with Gasteiger partial charge in [0.2, 0.25) is 10.0 Å². The summed E-state index contributed by atoms with van der Waals surface area (Å²) in [4.78, 5) is 13.7. The van der Waals surface area contributed by atoms with Gasteiger partial charge in [-0.15, -0.1) is 0 Å². The molecule has 0 aliphatic heterocycles. The van der Waals surface area contributed by atoms with Crippen molar-refractivity contribution in [3.63, 3.8) is 0 Å². The Morgan fingerprint density at radius 1 is 1.33 bits per heavy atom. The predicted octanol–water partition coefficient (Wildman–Crippen LogP) is 2.00. The molecule has 0 unspecified atom stereocenters. The van der Waals surface area contributed by atoms with E-state index in [4.69, 9.17) is 4.42 Å². The van der Waals surface area contributed by atoms with Gasteiger partial charge in [-0.05, 0) is 34.5 Å². The highest BCUT2D eigenvalue weighted by Crippen LogP contribution is 2.21. The Morgan fingerprint density at radius 3 is 2.86 bits per heavy atom. The third-order valence-corrected chi connectivity index (χ3v) is 5.62. The number of hydrogen-bond acceptors (Lipinski definition) is 5. The number of nitrogens with zero attached hydrogens (tertiary/aromatic N) is 1. The summed E-state index contributed by atoms with van der Waals surface area (Å²) < 4.78 is 31.2. The van der Waals surface area contributed by atoms with E-state index in [2.05, 4.69) is 4.98 Å². The number of rotatable bonds is 4. The average molecular weight is 324 g/mol. The molecule has 0 aliphatic rings. The van der Waals surface area contributed by atoms with E-state index < -0.39 is 15.8 Å². The van der Waals surface area contributed by atoms with Crippen LogP contribution in [0.15, 0.2) is 49.1 Å². The maximum absolute atomic E-state index is 12.5. The lowest BCUT2D eigenvalue weighted by Crippen LogP contribution is -2.26. The van der Waals surface area contributed by atoms with Crippen LogP contribution in [0.1, 0.15) is 5.56 Å². The van der Waals surface area contributed by atoms with Gasteiger partial charge in [-0.1, -0.05) is 0 Å². The molecule has 0 amide bonds. The average Bonchev–Trinajstić information content (AvgIpc) is 3.05. The van der Waals surface area contributed by atoms with Gasteiger partial charge in [0.1, 0.15) is 0 Å². The number of benzene rings is 1. The number of hydrogen-bond donors (Lipinski definition) is 1. The van der Waals surface area contributed by atoms with E-state index in [9.17, 15) is 13.2 Å². The van der Waals surface area contributed by atoms with Crippen LogP contribution < -0.4 is 5.76 Å². The van der Waals surface area contributed by atoms with E-state index in [0.717, 1.165) is 5.56 Å². The predicted molar refractivity (Wildman–Crippen MR) is 79.8 cm³/mol. The topological polar surface area (TPSA) is 83.4 Å². The first-order chi connectivity index (χ1) is 9.96. The normalized spacial score (nSPS) is 12.3. The number of H-pyrrole nitrogens is 1. The summed E-state index contributed by atoms with van der Waals surface area (Å²) in [5.74, 6) is -0.605. The first kappa shape index (κ1) is 14.1. The molecule has 0 saturated carbocycles. The summed E-state index contributed by atoms with van der Waals surface area (Å²) in [5.41, 5.74) is 1.63. The van der Waals surface area contributed by atoms with Gasteiger partial charge in [0, 0.05) is 19.7 Å². The lowest BCUT2D eigenvalue weighted by atomic mass is 10.3. The number of aromatic amines is 1. The highest BCUT2D eigenvalue weighted by molar-refractivity contribution is 7.89. The molecule has 3 aromatic rings. The molecule has 2 aromatic heterocycles. The minimum atomic E-state index is -3.64. The summed E-state index contributed by atoms with van der Waals surface area (Å²) in [6, 6.07) is 6.20. The molecule has 3 rings (SSSR count). The van der Waals surface area contributed by atoms with E-state index in [1.807, 2.05) is 16.8 Å². The standard InChI is InChI=1S/C13H12N2O4S2/c1-15(7-9-4-5-20-8-9)21(17,18)10-2-3-11-12(6-10)19-13(16)14-11/h2-6,8H,7H2,1H3,(H,14,16). The Kier molecular flexibility index (Phi) is 3.44. The van der Waals surface area contributed by atoms with Crippen LogP contribution in [0.5, 0.6) is 0 Å². The molecule has 0 radical (unpaired) electrons. The molecular weight excluding hydrogens is 312 g/mol. The molecule has 6 nitrogen and oxygen atoms in total. The fraction of sp³-hybridized carbons (Fsp3) is 0.154. The van der Waals surface area contributed by atoms with E-state index in [1.54, 1.807) is 0 Å². The van der Waals surface area contributed by atoms with Gasteiger partial charge in [0.15, 0.2) is 5.58 Å². The van der Waals surface area contributed by atoms with Gasteiger partial charge in [0.25, 0.3) is 0 Å². The van der Waals surface area contributed by atoms with Crippen molar-refractivity contribution >= 4 is 32.5 Å². The van der Waals surface area contributed by atoms with E-state index in [1.165, 1.54) is 40.9 Å². The van der Waals surface area contributed by atoms with Crippen molar-refractivity contribution in [1.29, 1.82) is 0 Å². The SMILES string of the molecule is CN(Cc1ccsc1)S(=O)(=O)c1ccc2[nH]c(=O)oc2c1. The largest absolute Gasteiger partial charge is 0.417 e. The molecule has 0 atom stereocenters. The molecule has 0 fully saturated rings. The van der Waals surface area contributed by atoms with Crippen molar-refractivity contribution in [2.45, 2.75) is 11.4 Å². The quantitative estimate of drug-likeness (QED) is 0.795. The number of oxazole rings is 1. The molecule has 1 N–H and O–H groups in total. The molecule has 1 aromatic carbocycles. The number of aromatic nitrogens is 1. The summed E-state index contributed by atoms with van der Waals surface area (Å²) in [6.45, 7) is 0.293. The molecule has 110 valence electrons. The van der Waals surface area contributed by atoms with Crippen LogP contribution in [-0.4, -0.2) is 24.8 Å². The highest BCUT2D eigenvalue weighted by Gasteiger charge is 2.22. The fourth-order valence-electron chi connectivity index (χ4n) is 1.99. The molecule has 2 heterocycles. The number of sulfonamides is 1. The van der Waals surface area contributed by atoms with Crippen molar-refractivity contribution in [1.82, 2.24) is 9.29 Å². The third-order valence-electron chi connectivity index (χ3n) is 3.09. The maximum Gasteiger partial charge on any atom is 0.417 e. The van der Waals surface area contributed by atoms with Crippen LogP contribution in [0.25, 0.3) is 11.1 Å². The molecule has 0 saturated heterocycles. The molecule has 0 bridgehead atoms. The summed E-state index contributed by atoms with van der Waals surface area (Å²) in [7, 11) is -2.12. The second-order valence-corrected chi connectivity index (χ2v) is 7.39. The van der Waals surface area contributed by atoms with Crippen molar-refractivity contribution in [2.24, 2.45) is 0 Å². The Morgan fingerprint density at radius 2 is 2.14 bits per heavy atom. The lowest BCUT2D eigenvalue weighted by Gasteiger charge is -2.16. The number of nitrogens with one attached hydrogen (secondary N) is 1. The first-order valence-corrected chi connectivity index (χ1v) is 8.45. The van der Waals surface area contributed by atoms with Crippen LogP contribution in [0.3, 0.4) is 0 Å².